The van der Waals surface area contributed by atoms with Crippen molar-refractivity contribution in [1.82, 2.24) is 0 Å². The number of nitriles is 1. The summed E-state index contributed by atoms with van der Waals surface area (Å²) in [4.78, 5) is 0. The van der Waals surface area contributed by atoms with Crippen molar-refractivity contribution >= 4 is 0 Å². The Kier molecular flexibility index (Phi) is 3.02. The Labute approximate surface area is 80.6 Å². The Bertz CT molecular complexity index is 386. The van der Waals surface area contributed by atoms with Gasteiger partial charge in [-0.3, -0.25) is 0 Å². The summed E-state index contributed by atoms with van der Waals surface area (Å²) in [6.07, 6.45) is 0. The quantitative estimate of drug-likeness (QED) is 0.634. The number of hydrogen-bond donors (Lipinski definition) is 3. The zero-order valence-corrected chi connectivity index (χ0v) is 7.37. The second-order valence-corrected chi connectivity index (χ2v) is 2.81. The molecule has 0 aliphatic carbocycles. The van der Waals surface area contributed by atoms with Crippen LogP contribution in [0.3, 0.4) is 0 Å². The molecule has 0 fully saturated rings. The smallest absolute Gasteiger partial charge is 0.165 e. The van der Waals surface area contributed by atoms with Crippen LogP contribution in [0.5, 0.6) is 5.75 Å². The fourth-order valence-corrected chi connectivity index (χ4v) is 1.17. The number of rotatable bonds is 2. The van der Waals surface area contributed by atoms with Gasteiger partial charge >= 0.3 is 0 Å². The molecule has 5 N–H and O–H groups in total. The van der Waals surface area contributed by atoms with Gasteiger partial charge in [-0.25, -0.2) is 4.39 Å². The number of nitrogens with zero attached hydrogens (tertiary/aromatic N) is 1. The molecule has 4 nitrogen and oxygen atoms in total. The SMILES string of the molecule is N#Cc1ccc(F)c(O)c1[C@@H](N)CN. The molecule has 1 rings (SSSR count). The van der Waals surface area contributed by atoms with Crippen LogP contribution in [-0.4, -0.2) is 11.7 Å². The highest BCUT2D eigenvalue weighted by atomic mass is 19.1. The van der Waals surface area contributed by atoms with E-state index in [0.717, 1.165) is 6.07 Å². The molecule has 0 unspecified atom stereocenters. The van der Waals surface area contributed by atoms with Crippen LogP contribution in [0.4, 0.5) is 4.39 Å². The highest BCUT2D eigenvalue weighted by Crippen LogP contribution is 2.28. The zero-order chi connectivity index (χ0) is 10.7. The predicted octanol–water partition coefficient (Wildman–Crippen LogP) is 0.361. The first-order chi connectivity index (χ1) is 6.61. The van der Waals surface area contributed by atoms with Gasteiger partial charge < -0.3 is 16.6 Å². The van der Waals surface area contributed by atoms with Gasteiger partial charge in [0.05, 0.1) is 11.6 Å². The summed E-state index contributed by atoms with van der Waals surface area (Å²) in [6.45, 7) is 0.0334. The van der Waals surface area contributed by atoms with E-state index >= 15 is 0 Å². The fraction of sp³-hybridized carbons (Fsp3) is 0.222. The van der Waals surface area contributed by atoms with Gasteiger partial charge in [0, 0.05) is 18.2 Å². The number of aromatic hydroxyl groups is 1. The minimum Gasteiger partial charge on any atom is -0.505 e. The van der Waals surface area contributed by atoms with Crippen LogP contribution in [0.15, 0.2) is 12.1 Å². The van der Waals surface area contributed by atoms with E-state index in [-0.39, 0.29) is 17.7 Å². The molecular formula is C9H10FN3O. The molecule has 1 aromatic carbocycles. The first-order valence-corrected chi connectivity index (χ1v) is 3.99. The van der Waals surface area contributed by atoms with Crippen molar-refractivity contribution in [3.63, 3.8) is 0 Å². The van der Waals surface area contributed by atoms with Gasteiger partial charge in [-0.1, -0.05) is 0 Å². The fourth-order valence-electron chi connectivity index (χ4n) is 1.17. The third kappa shape index (κ3) is 1.66. The van der Waals surface area contributed by atoms with Crippen LogP contribution in [0.25, 0.3) is 0 Å². The standard InChI is InChI=1S/C9H10FN3O/c10-6-2-1-5(3-11)8(9(6)14)7(13)4-12/h1-2,7,14H,4,12-13H2/t7-/m0/s1. The molecule has 0 amide bonds. The Balaban J connectivity index is 3.37. The number of hydrogen-bond acceptors (Lipinski definition) is 4. The topological polar surface area (TPSA) is 96.1 Å². The van der Waals surface area contributed by atoms with Crippen molar-refractivity contribution < 1.29 is 9.50 Å². The third-order valence-corrected chi connectivity index (χ3v) is 1.91. The summed E-state index contributed by atoms with van der Waals surface area (Å²) in [5.74, 6) is -1.40. The molecule has 5 heteroatoms. The van der Waals surface area contributed by atoms with Crippen molar-refractivity contribution in [3.8, 4) is 11.8 Å². The van der Waals surface area contributed by atoms with Gasteiger partial charge in [0.2, 0.25) is 0 Å². The number of phenolic OH excluding ortho intramolecular Hbond substituents is 1. The normalized spacial score (nSPS) is 12.1. The van der Waals surface area contributed by atoms with Gasteiger partial charge in [-0.2, -0.15) is 5.26 Å². The number of phenols is 1. The first kappa shape index (κ1) is 10.4. The maximum atomic E-state index is 12.9. The molecule has 0 aliphatic rings. The van der Waals surface area contributed by atoms with E-state index in [1.165, 1.54) is 6.07 Å². The van der Waals surface area contributed by atoms with Crippen LogP contribution in [0.2, 0.25) is 0 Å². The lowest BCUT2D eigenvalue weighted by atomic mass is 10.0. The minimum atomic E-state index is -0.803. The molecule has 0 bridgehead atoms. The molecule has 0 spiro atoms. The zero-order valence-electron chi connectivity index (χ0n) is 7.37. The van der Waals surface area contributed by atoms with E-state index in [1.807, 2.05) is 6.07 Å². The summed E-state index contributed by atoms with van der Waals surface area (Å²) < 4.78 is 12.9. The molecule has 0 saturated heterocycles. The lowest BCUT2D eigenvalue weighted by Gasteiger charge is -2.13. The van der Waals surface area contributed by atoms with Gasteiger partial charge in [-0.15, -0.1) is 0 Å². The largest absolute Gasteiger partial charge is 0.505 e. The molecule has 1 atom stereocenters. The molecular weight excluding hydrogens is 185 g/mol. The Hall–Kier alpha value is -1.64. The summed E-state index contributed by atoms with van der Waals surface area (Å²) >= 11 is 0. The number of nitrogens with two attached hydrogens (primary N) is 2. The van der Waals surface area contributed by atoms with Crippen LogP contribution in [-0.2, 0) is 0 Å². The van der Waals surface area contributed by atoms with Gasteiger partial charge in [0.25, 0.3) is 0 Å². The average Bonchev–Trinajstić information content (AvgIpc) is 2.20. The molecule has 0 heterocycles. The van der Waals surface area contributed by atoms with Crippen molar-refractivity contribution in [3.05, 3.63) is 29.1 Å². The Morgan fingerprint density at radius 1 is 1.57 bits per heavy atom. The highest BCUT2D eigenvalue weighted by molar-refractivity contribution is 5.48. The average molecular weight is 195 g/mol. The number of benzene rings is 1. The maximum absolute atomic E-state index is 12.9. The maximum Gasteiger partial charge on any atom is 0.165 e. The van der Waals surface area contributed by atoms with Crippen molar-refractivity contribution in [2.24, 2.45) is 11.5 Å². The molecule has 0 saturated carbocycles. The second-order valence-electron chi connectivity index (χ2n) is 2.81. The van der Waals surface area contributed by atoms with Gasteiger partial charge in [-0.05, 0) is 12.1 Å². The van der Waals surface area contributed by atoms with E-state index in [1.54, 1.807) is 0 Å². The summed E-state index contributed by atoms with van der Waals surface area (Å²) in [5, 5.41) is 18.0. The van der Waals surface area contributed by atoms with Crippen LogP contribution in [0.1, 0.15) is 17.2 Å². The molecule has 0 aromatic heterocycles. The summed E-state index contributed by atoms with van der Waals surface area (Å²) in [6, 6.07) is 3.36. The lowest BCUT2D eigenvalue weighted by Crippen LogP contribution is -2.22. The van der Waals surface area contributed by atoms with Crippen molar-refractivity contribution in [2.75, 3.05) is 6.54 Å². The van der Waals surface area contributed by atoms with E-state index in [9.17, 15) is 9.50 Å². The summed E-state index contributed by atoms with van der Waals surface area (Å²) in [5.41, 5.74) is 11.0. The van der Waals surface area contributed by atoms with Crippen LogP contribution < -0.4 is 11.5 Å². The molecule has 74 valence electrons. The van der Waals surface area contributed by atoms with Crippen molar-refractivity contribution in [1.29, 1.82) is 5.26 Å². The predicted molar refractivity (Wildman–Crippen MR) is 48.8 cm³/mol. The molecule has 0 aliphatic heterocycles. The van der Waals surface area contributed by atoms with E-state index in [4.69, 9.17) is 16.7 Å². The van der Waals surface area contributed by atoms with E-state index in [2.05, 4.69) is 0 Å². The lowest BCUT2D eigenvalue weighted by molar-refractivity contribution is 0.420. The molecule has 0 radical (unpaired) electrons. The van der Waals surface area contributed by atoms with Crippen LogP contribution >= 0.6 is 0 Å². The Morgan fingerprint density at radius 2 is 2.21 bits per heavy atom. The van der Waals surface area contributed by atoms with E-state index < -0.39 is 17.6 Å². The minimum absolute atomic E-state index is 0.0334. The first-order valence-electron chi connectivity index (χ1n) is 3.99. The van der Waals surface area contributed by atoms with Gasteiger partial charge in [0.15, 0.2) is 11.6 Å². The third-order valence-electron chi connectivity index (χ3n) is 1.91. The number of halogens is 1. The summed E-state index contributed by atoms with van der Waals surface area (Å²) in [7, 11) is 0. The second kappa shape index (κ2) is 4.05. The highest BCUT2D eigenvalue weighted by Gasteiger charge is 2.17. The molecule has 1 aromatic rings. The Morgan fingerprint density at radius 3 is 2.71 bits per heavy atom. The monoisotopic (exact) mass is 195 g/mol. The van der Waals surface area contributed by atoms with Crippen molar-refractivity contribution in [2.45, 2.75) is 6.04 Å². The molecule has 14 heavy (non-hydrogen) atoms. The van der Waals surface area contributed by atoms with E-state index in [0.29, 0.717) is 0 Å². The van der Waals surface area contributed by atoms with Gasteiger partial charge in [0.1, 0.15) is 0 Å². The van der Waals surface area contributed by atoms with Crippen LogP contribution in [0, 0.1) is 17.1 Å².